The number of pyridine rings is 1. The van der Waals surface area contributed by atoms with Crippen LogP contribution in [-0.2, 0) is 0 Å². The molecule has 0 bridgehead atoms. The predicted molar refractivity (Wildman–Crippen MR) is 142 cm³/mol. The third-order valence-electron chi connectivity index (χ3n) is 8.38. The minimum atomic E-state index is 0.413. The molecular formula is C27H33N9. The van der Waals surface area contributed by atoms with Crippen LogP contribution in [0.15, 0.2) is 36.8 Å². The fourth-order valence-corrected chi connectivity index (χ4v) is 6.49. The number of aromatic nitrogens is 6. The van der Waals surface area contributed by atoms with Gasteiger partial charge in [0.15, 0.2) is 5.65 Å². The third-order valence-corrected chi connectivity index (χ3v) is 8.38. The van der Waals surface area contributed by atoms with E-state index in [4.69, 9.17) is 9.97 Å². The molecule has 1 saturated carbocycles. The first-order chi connectivity index (χ1) is 17.8. The van der Waals surface area contributed by atoms with Crippen LogP contribution >= 0.6 is 0 Å². The van der Waals surface area contributed by atoms with Crippen LogP contribution in [0.3, 0.4) is 0 Å². The lowest BCUT2D eigenvalue weighted by molar-refractivity contribution is 0.208. The molecule has 1 aliphatic carbocycles. The normalized spacial score (nSPS) is 20.2. The van der Waals surface area contributed by atoms with Crippen LogP contribution in [0.5, 0.6) is 0 Å². The summed E-state index contributed by atoms with van der Waals surface area (Å²) in [5, 5.41) is 14.0. The van der Waals surface area contributed by atoms with Gasteiger partial charge in [0, 0.05) is 42.1 Å². The Morgan fingerprint density at radius 2 is 1.58 bits per heavy atom. The second kappa shape index (κ2) is 9.28. The Morgan fingerprint density at radius 3 is 2.36 bits per heavy atom. The minimum Gasteiger partial charge on any atom is -0.370 e. The van der Waals surface area contributed by atoms with Gasteiger partial charge in [-0.2, -0.15) is 10.1 Å². The standard InChI is InChI=1S/C27H33N9/c1-2-6-20(5-1)36-25-23(22-9-12-30-33-26(22)36)18-29-27(32-25)31-24-8-7-21(17-28-24)35-15-10-19(11-16-35)34-13-3-4-14-34/h7-9,12,17-20H,1-6,10-11,13-16H2,(H,28,29,31,32). The van der Waals surface area contributed by atoms with Crippen molar-refractivity contribution in [2.45, 2.75) is 63.5 Å². The highest BCUT2D eigenvalue weighted by atomic mass is 15.2. The fraction of sp³-hybridized carbons (Fsp3) is 0.519. The summed E-state index contributed by atoms with van der Waals surface area (Å²) in [6, 6.07) is 7.38. The predicted octanol–water partition coefficient (Wildman–Crippen LogP) is 4.69. The molecule has 9 heteroatoms. The summed E-state index contributed by atoms with van der Waals surface area (Å²) in [4.78, 5) is 19.4. The Hall–Kier alpha value is -3.33. The van der Waals surface area contributed by atoms with E-state index >= 15 is 0 Å². The molecule has 3 fully saturated rings. The smallest absolute Gasteiger partial charge is 0.230 e. The van der Waals surface area contributed by atoms with Gasteiger partial charge in [0.05, 0.1) is 18.1 Å². The van der Waals surface area contributed by atoms with Crippen molar-refractivity contribution >= 4 is 39.5 Å². The van der Waals surface area contributed by atoms with Crippen molar-refractivity contribution in [2.24, 2.45) is 0 Å². The lowest BCUT2D eigenvalue weighted by Gasteiger charge is -2.37. The second-order valence-corrected chi connectivity index (χ2v) is 10.5. The van der Waals surface area contributed by atoms with Crippen LogP contribution in [0.4, 0.5) is 17.5 Å². The summed E-state index contributed by atoms with van der Waals surface area (Å²) in [5.74, 6) is 1.32. The monoisotopic (exact) mass is 483 g/mol. The van der Waals surface area contributed by atoms with Crippen molar-refractivity contribution in [3.63, 3.8) is 0 Å². The van der Waals surface area contributed by atoms with Gasteiger partial charge in [0.2, 0.25) is 5.95 Å². The van der Waals surface area contributed by atoms with E-state index in [1.165, 1.54) is 57.3 Å². The van der Waals surface area contributed by atoms with E-state index in [9.17, 15) is 0 Å². The van der Waals surface area contributed by atoms with Crippen LogP contribution in [0, 0.1) is 0 Å². The van der Waals surface area contributed by atoms with Crippen molar-refractivity contribution < 1.29 is 0 Å². The number of fused-ring (bicyclic) bond motifs is 3. The summed E-state index contributed by atoms with van der Waals surface area (Å²) in [6.07, 6.45) is 15.6. The molecule has 4 aromatic rings. The molecule has 0 amide bonds. The van der Waals surface area contributed by atoms with Gasteiger partial charge in [-0.3, -0.25) is 0 Å². The number of piperidine rings is 1. The van der Waals surface area contributed by atoms with Gasteiger partial charge in [0.1, 0.15) is 11.5 Å². The van der Waals surface area contributed by atoms with Crippen molar-refractivity contribution in [1.29, 1.82) is 0 Å². The molecule has 3 aliphatic rings. The zero-order valence-corrected chi connectivity index (χ0v) is 20.7. The van der Waals surface area contributed by atoms with E-state index in [2.05, 4.69) is 40.9 Å². The summed E-state index contributed by atoms with van der Waals surface area (Å²) >= 11 is 0. The van der Waals surface area contributed by atoms with Crippen molar-refractivity contribution in [1.82, 2.24) is 34.6 Å². The molecule has 4 aromatic heterocycles. The Morgan fingerprint density at radius 1 is 0.750 bits per heavy atom. The van der Waals surface area contributed by atoms with Crippen molar-refractivity contribution in [2.75, 3.05) is 36.4 Å². The summed E-state index contributed by atoms with van der Waals surface area (Å²) in [6.45, 7) is 4.78. The molecule has 36 heavy (non-hydrogen) atoms. The van der Waals surface area contributed by atoms with Gasteiger partial charge in [-0.25, -0.2) is 9.97 Å². The molecule has 6 heterocycles. The number of nitrogens with one attached hydrogen (secondary N) is 1. The number of rotatable bonds is 5. The van der Waals surface area contributed by atoms with E-state index in [0.29, 0.717) is 12.0 Å². The molecule has 0 unspecified atom stereocenters. The number of anilines is 3. The highest BCUT2D eigenvalue weighted by Gasteiger charge is 2.27. The fourth-order valence-electron chi connectivity index (χ4n) is 6.49. The molecule has 0 spiro atoms. The number of hydrogen-bond donors (Lipinski definition) is 1. The lowest BCUT2D eigenvalue weighted by atomic mass is 10.0. The average molecular weight is 484 g/mol. The molecule has 0 radical (unpaired) electrons. The average Bonchev–Trinajstić information content (AvgIpc) is 3.70. The highest BCUT2D eigenvalue weighted by Crippen LogP contribution is 2.37. The molecule has 0 aromatic carbocycles. The van der Waals surface area contributed by atoms with Crippen LogP contribution < -0.4 is 10.2 Å². The molecule has 1 N–H and O–H groups in total. The van der Waals surface area contributed by atoms with E-state index in [1.54, 1.807) is 6.20 Å². The van der Waals surface area contributed by atoms with Crippen LogP contribution in [0.25, 0.3) is 22.1 Å². The summed E-state index contributed by atoms with van der Waals surface area (Å²) in [5.41, 5.74) is 3.02. The first-order valence-electron chi connectivity index (χ1n) is 13.5. The molecule has 2 aliphatic heterocycles. The summed E-state index contributed by atoms with van der Waals surface area (Å²) in [7, 11) is 0. The van der Waals surface area contributed by atoms with E-state index in [1.807, 2.05) is 24.5 Å². The van der Waals surface area contributed by atoms with Gasteiger partial charge in [0.25, 0.3) is 0 Å². The van der Waals surface area contributed by atoms with Gasteiger partial charge >= 0.3 is 0 Å². The zero-order valence-electron chi connectivity index (χ0n) is 20.7. The number of hydrogen-bond acceptors (Lipinski definition) is 8. The van der Waals surface area contributed by atoms with Crippen molar-refractivity contribution in [3.8, 4) is 0 Å². The Balaban J connectivity index is 1.09. The maximum Gasteiger partial charge on any atom is 0.230 e. The molecule has 9 nitrogen and oxygen atoms in total. The SMILES string of the molecule is c1cc2c3cnc(Nc4ccc(N5CCC(N6CCCC6)CC5)cn4)nc3n(C3CCCC3)c2nn1. The minimum absolute atomic E-state index is 0.413. The van der Waals surface area contributed by atoms with E-state index in [0.717, 1.165) is 59.9 Å². The van der Waals surface area contributed by atoms with E-state index < -0.39 is 0 Å². The van der Waals surface area contributed by atoms with Gasteiger partial charge < -0.3 is 19.7 Å². The second-order valence-electron chi connectivity index (χ2n) is 10.5. The number of nitrogens with zero attached hydrogens (tertiary/aromatic N) is 8. The Labute approximate surface area is 210 Å². The van der Waals surface area contributed by atoms with Gasteiger partial charge in [-0.1, -0.05) is 12.8 Å². The van der Waals surface area contributed by atoms with Gasteiger partial charge in [-0.05, 0) is 69.8 Å². The first kappa shape index (κ1) is 21.9. The van der Waals surface area contributed by atoms with E-state index in [-0.39, 0.29) is 0 Å². The van der Waals surface area contributed by atoms with Crippen molar-refractivity contribution in [3.05, 3.63) is 36.8 Å². The molecular weight excluding hydrogens is 450 g/mol. The zero-order chi connectivity index (χ0) is 23.9. The largest absolute Gasteiger partial charge is 0.370 e. The maximum atomic E-state index is 4.93. The van der Waals surface area contributed by atoms with Crippen LogP contribution in [-0.4, -0.2) is 66.8 Å². The third kappa shape index (κ3) is 3.95. The van der Waals surface area contributed by atoms with Crippen LogP contribution in [0.1, 0.15) is 57.4 Å². The Kier molecular flexibility index (Phi) is 5.65. The Bertz CT molecular complexity index is 1350. The highest BCUT2D eigenvalue weighted by molar-refractivity contribution is 6.04. The molecule has 7 rings (SSSR count). The molecule has 0 atom stereocenters. The first-order valence-corrected chi connectivity index (χ1v) is 13.5. The molecule has 186 valence electrons. The lowest BCUT2D eigenvalue weighted by Crippen LogP contribution is -2.43. The summed E-state index contributed by atoms with van der Waals surface area (Å²) < 4.78 is 2.28. The number of likely N-dealkylation sites (tertiary alicyclic amines) is 1. The van der Waals surface area contributed by atoms with Gasteiger partial charge in [-0.15, -0.1) is 5.10 Å². The van der Waals surface area contributed by atoms with Crippen LogP contribution in [0.2, 0.25) is 0 Å². The topological polar surface area (TPSA) is 87.9 Å². The quantitative estimate of drug-likeness (QED) is 0.437. The maximum absolute atomic E-state index is 4.93. The molecule has 2 saturated heterocycles.